The Morgan fingerprint density at radius 3 is 2.18 bits per heavy atom. The zero-order chi connectivity index (χ0) is 23.7. The third-order valence-electron chi connectivity index (χ3n) is 5.90. The summed E-state index contributed by atoms with van der Waals surface area (Å²) in [6, 6.07) is 7.61. The van der Waals surface area contributed by atoms with Crippen molar-refractivity contribution in [3.05, 3.63) is 36.0 Å². The van der Waals surface area contributed by atoms with Crippen LogP contribution < -0.4 is 4.98 Å². The van der Waals surface area contributed by atoms with Crippen LogP contribution in [-0.4, -0.2) is 111 Å². The van der Waals surface area contributed by atoms with Crippen molar-refractivity contribution in [2.24, 2.45) is 0 Å². The zero-order valence-corrected chi connectivity index (χ0v) is 17.5. The van der Waals surface area contributed by atoms with Crippen LogP contribution >= 0.6 is 0 Å². The Morgan fingerprint density at radius 2 is 1.42 bits per heavy atom. The maximum atomic E-state index is 10.2. The molecule has 4 rings (SSSR count). The minimum Gasteiger partial charge on any atom is -0.663 e. The highest BCUT2D eigenvalue weighted by Crippen LogP contribution is 2.26. The van der Waals surface area contributed by atoms with Crippen LogP contribution in [0.1, 0.15) is 5.56 Å². The maximum absolute atomic E-state index is 10.2. The van der Waals surface area contributed by atoms with Gasteiger partial charge in [-0.05, 0) is 11.8 Å². The number of aliphatic hydroxyl groups excluding tert-OH is 7. The fourth-order valence-electron chi connectivity index (χ4n) is 3.91. The summed E-state index contributed by atoms with van der Waals surface area (Å²) in [6.07, 6.45) is -13.4. The Hall–Kier alpha value is -1.68. The quantitative estimate of drug-likeness (QED) is 0.216. The summed E-state index contributed by atoms with van der Waals surface area (Å²) in [5, 5.41) is 70.5. The summed E-state index contributed by atoms with van der Waals surface area (Å²) in [5.74, 6) is 0. The lowest BCUT2D eigenvalue weighted by molar-refractivity contribution is -0.353. The van der Waals surface area contributed by atoms with Crippen molar-refractivity contribution in [3.8, 4) is 0 Å². The van der Waals surface area contributed by atoms with Crippen molar-refractivity contribution < 1.29 is 54.7 Å². The van der Waals surface area contributed by atoms with Crippen molar-refractivity contribution in [1.82, 2.24) is 4.98 Å². The van der Waals surface area contributed by atoms with Crippen LogP contribution in [0.25, 0.3) is 10.9 Å². The number of rotatable bonds is 7. The Bertz CT molecular complexity index is 909. The van der Waals surface area contributed by atoms with Gasteiger partial charge in [0.05, 0.1) is 13.2 Å². The lowest BCUT2D eigenvalue weighted by atomic mass is 9.99. The highest BCUT2D eigenvalue weighted by Gasteiger charge is 2.47. The van der Waals surface area contributed by atoms with Crippen molar-refractivity contribution in [2.45, 2.75) is 68.0 Å². The standard InChI is InChI=1S/C21H28NO11/c23-13-12(8-31-21-18(28)15(25)16(26)19(29)33-21)32-20(17(27)14(13)24)30-6-5-9-7-22-11-4-2-1-3-10(9)11/h1-4,7,12-21,23-29H,5-6,8H2/q-1. The summed E-state index contributed by atoms with van der Waals surface area (Å²) in [7, 11) is 0. The summed E-state index contributed by atoms with van der Waals surface area (Å²) in [6.45, 7) is -0.312. The molecule has 3 heterocycles. The largest absolute Gasteiger partial charge is 0.663 e. The molecule has 10 unspecified atom stereocenters. The van der Waals surface area contributed by atoms with Crippen LogP contribution in [0.2, 0.25) is 0 Å². The van der Waals surface area contributed by atoms with Gasteiger partial charge in [-0.25, -0.2) is 0 Å². The summed E-state index contributed by atoms with van der Waals surface area (Å²) >= 11 is 0. The second-order valence-corrected chi connectivity index (χ2v) is 8.14. The molecule has 0 radical (unpaired) electrons. The highest BCUT2D eigenvalue weighted by atomic mass is 16.8. The SMILES string of the molecule is OC1OC(OCC2OC(OCCc3c[n-]c4ccccc34)C(O)C(O)C2O)C(O)C(O)C1O. The number of fused-ring (bicyclic) bond motifs is 1. The van der Waals surface area contributed by atoms with Gasteiger partial charge in [-0.15, -0.1) is 5.52 Å². The average Bonchev–Trinajstić information content (AvgIpc) is 3.23. The molecular weight excluding hydrogens is 442 g/mol. The Balaban J connectivity index is 1.33. The van der Waals surface area contributed by atoms with Crippen molar-refractivity contribution in [1.29, 1.82) is 0 Å². The molecule has 1 aromatic carbocycles. The third kappa shape index (κ3) is 5.06. The van der Waals surface area contributed by atoms with E-state index in [0.717, 1.165) is 16.5 Å². The minimum absolute atomic E-state index is 0.133. The minimum atomic E-state index is -1.80. The zero-order valence-electron chi connectivity index (χ0n) is 17.5. The van der Waals surface area contributed by atoms with E-state index in [1.54, 1.807) is 6.20 Å². The lowest BCUT2D eigenvalue weighted by Gasteiger charge is -2.42. The fraction of sp³-hybridized carbons (Fsp3) is 0.619. The van der Waals surface area contributed by atoms with E-state index in [1.807, 2.05) is 24.3 Å². The molecule has 0 amide bonds. The number of benzene rings is 1. The predicted octanol–water partition coefficient (Wildman–Crippen LogP) is -3.06. The second kappa shape index (κ2) is 10.3. The Labute approximate surface area is 188 Å². The molecule has 0 spiro atoms. The van der Waals surface area contributed by atoms with Crippen LogP contribution in [0.5, 0.6) is 0 Å². The van der Waals surface area contributed by atoms with Gasteiger partial charge in [0.1, 0.15) is 42.7 Å². The molecule has 12 heteroatoms. The molecule has 1 aromatic heterocycles. The number of aromatic nitrogens is 1. The number of hydrogen-bond donors (Lipinski definition) is 7. The van der Waals surface area contributed by atoms with E-state index in [1.165, 1.54) is 0 Å². The first kappa shape index (κ1) is 24.4. The van der Waals surface area contributed by atoms with Gasteiger partial charge in [0.2, 0.25) is 0 Å². The van der Waals surface area contributed by atoms with Gasteiger partial charge in [0.15, 0.2) is 18.9 Å². The number of aliphatic hydroxyl groups is 7. The monoisotopic (exact) mass is 470 g/mol. The first-order chi connectivity index (χ1) is 15.8. The van der Waals surface area contributed by atoms with Crippen molar-refractivity contribution in [3.63, 3.8) is 0 Å². The predicted molar refractivity (Wildman–Crippen MR) is 108 cm³/mol. The van der Waals surface area contributed by atoms with Gasteiger partial charge in [0, 0.05) is 0 Å². The van der Waals surface area contributed by atoms with Crippen LogP contribution in [0, 0.1) is 0 Å². The topological polar surface area (TPSA) is 193 Å². The first-order valence-corrected chi connectivity index (χ1v) is 10.6. The van der Waals surface area contributed by atoms with E-state index in [4.69, 9.17) is 18.9 Å². The van der Waals surface area contributed by atoms with Gasteiger partial charge in [-0.2, -0.15) is 6.20 Å². The number of hydrogen-bond acceptors (Lipinski definition) is 11. The smallest absolute Gasteiger partial charge is 0.189 e. The molecule has 2 aromatic rings. The Morgan fingerprint density at radius 1 is 0.758 bits per heavy atom. The van der Waals surface area contributed by atoms with Crippen LogP contribution in [-0.2, 0) is 25.4 Å². The van der Waals surface area contributed by atoms with E-state index < -0.39 is 68.2 Å². The van der Waals surface area contributed by atoms with Crippen LogP contribution in [0.3, 0.4) is 0 Å². The molecule has 0 aliphatic carbocycles. The number of ether oxygens (including phenoxy) is 4. The van der Waals surface area contributed by atoms with Gasteiger partial charge in [-0.1, -0.05) is 29.8 Å². The molecule has 10 atom stereocenters. The van der Waals surface area contributed by atoms with E-state index >= 15 is 0 Å². The molecule has 33 heavy (non-hydrogen) atoms. The van der Waals surface area contributed by atoms with Gasteiger partial charge >= 0.3 is 0 Å². The molecule has 2 fully saturated rings. The van der Waals surface area contributed by atoms with E-state index in [0.29, 0.717) is 6.42 Å². The molecule has 2 saturated heterocycles. The maximum Gasteiger partial charge on any atom is 0.189 e. The molecular formula is C21H28NO11-. The van der Waals surface area contributed by atoms with E-state index in [-0.39, 0.29) is 6.61 Å². The second-order valence-electron chi connectivity index (χ2n) is 8.14. The van der Waals surface area contributed by atoms with Crippen LogP contribution in [0.15, 0.2) is 30.5 Å². The molecule has 2 aliphatic heterocycles. The van der Waals surface area contributed by atoms with Gasteiger partial charge < -0.3 is 59.7 Å². The van der Waals surface area contributed by atoms with Crippen LogP contribution in [0.4, 0.5) is 0 Å². The van der Waals surface area contributed by atoms with E-state index in [9.17, 15) is 35.7 Å². The van der Waals surface area contributed by atoms with Gasteiger partial charge in [-0.3, -0.25) is 0 Å². The molecule has 2 aliphatic rings. The third-order valence-corrected chi connectivity index (χ3v) is 5.90. The Kier molecular flexibility index (Phi) is 7.63. The van der Waals surface area contributed by atoms with Crippen molar-refractivity contribution in [2.75, 3.05) is 13.2 Å². The van der Waals surface area contributed by atoms with Crippen molar-refractivity contribution >= 4 is 10.9 Å². The number of para-hydroxylation sites is 1. The number of nitrogens with zero attached hydrogens (tertiary/aromatic N) is 1. The first-order valence-electron chi connectivity index (χ1n) is 10.6. The molecule has 7 N–H and O–H groups in total. The molecule has 0 saturated carbocycles. The lowest BCUT2D eigenvalue weighted by Crippen LogP contribution is -2.61. The fourth-order valence-corrected chi connectivity index (χ4v) is 3.91. The molecule has 184 valence electrons. The van der Waals surface area contributed by atoms with Gasteiger partial charge in [0.25, 0.3) is 0 Å². The highest BCUT2D eigenvalue weighted by molar-refractivity contribution is 5.82. The summed E-state index contributed by atoms with van der Waals surface area (Å²) in [4.78, 5) is 4.31. The summed E-state index contributed by atoms with van der Waals surface area (Å²) in [5.41, 5.74) is 1.80. The normalized spacial score (nSPS) is 39.7. The molecule has 0 bridgehead atoms. The molecule has 12 nitrogen and oxygen atoms in total. The summed E-state index contributed by atoms with van der Waals surface area (Å²) < 4.78 is 21.4. The van der Waals surface area contributed by atoms with E-state index in [2.05, 4.69) is 4.98 Å². The average molecular weight is 470 g/mol.